The van der Waals surface area contributed by atoms with Crippen LogP contribution in [0.3, 0.4) is 0 Å². The maximum absolute atomic E-state index is 14.0. The van der Waals surface area contributed by atoms with Crippen molar-refractivity contribution in [2.75, 3.05) is 41.3 Å². The van der Waals surface area contributed by atoms with Crippen LogP contribution in [-0.4, -0.2) is 42.4 Å². The van der Waals surface area contributed by atoms with Crippen molar-refractivity contribution in [1.29, 1.82) is 0 Å². The molecule has 0 saturated carbocycles. The molecule has 0 aliphatic carbocycles. The molecule has 4 rings (SSSR count). The minimum Gasteiger partial charge on any atom is -0.507 e. The number of rotatable bonds is 6. The largest absolute Gasteiger partial charge is 0.507 e. The van der Waals surface area contributed by atoms with Crippen LogP contribution in [0.15, 0.2) is 60.7 Å². The summed E-state index contributed by atoms with van der Waals surface area (Å²) in [4.78, 5) is 14.4. The number of benzene rings is 3. The highest BCUT2D eigenvalue weighted by molar-refractivity contribution is 5.90. The molecule has 38 heavy (non-hydrogen) atoms. The van der Waals surface area contributed by atoms with Crippen LogP contribution < -0.4 is 15.1 Å². The molecule has 3 N–H and O–H groups in total. The molecule has 3 aromatic rings. The van der Waals surface area contributed by atoms with Crippen LogP contribution in [0, 0.1) is 0 Å². The number of nitrogens with zero attached hydrogens (tertiary/aromatic N) is 2. The van der Waals surface area contributed by atoms with Gasteiger partial charge in [-0.2, -0.15) is 26.3 Å². The Morgan fingerprint density at radius 2 is 1.53 bits per heavy atom. The summed E-state index contributed by atoms with van der Waals surface area (Å²) in [6.45, 7) is 0.860. The zero-order chi connectivity index (χ0) is 27.7. The lowest BCUT2D eigenvalue weighted by Crippen LogP contribution is -2.47. The van der Waals surface area contributed by atoms with E-state index in [0.717, 1.165) is 18.2 Å². The van der Waals surface area contributed by atoms with Gasteiger partial charge in [-0.3, -0.25) is 0 Å². The molecule has 0 amide bonds. The van der Waals surface area contributed by atoms with Crippen LogP contribution in [0.1, 0.15) is 27.0 Å². The fourth-order valence-electron chi connectivity index (χ4n) is 4.30. The zero-order valence-corrected chi connectivity index (χ0v) is 19.8. The summed E-state index contributed by atoms with van der Waals surface area (Å²) in [5.74, 6) is -1.75. The van der Waals surface area contributed by atoms with Crippen LogP contribution in [0.2, 0.25) is 0 Å². The van der Waals surface area contributed by atoms with Crippen LogP contribution in [0.5, 0.6) is 5.75 Å². The fraction of sp³-hybridized carbons (Fsp3) is 0.269. The van der Waals surface area contributed by atoms with Gasteiger partial charge in [0, 0.05) is 49.8 Å². The van der Waals surface area contributed by atoms with E-state index in [2.05, 4.69) is 5.32 Å². The molecule has 1 fully saturated rings. The van der Waals surface area contributed by atoms with Gasteiger partial charge >= 0.3 is 18.3 Å². The molecule has 0 unspecified atom stereocenters. The number of piperazine rings is 1. The zero-order valence-electron chi connectivity index (χ0n) is 19.8. The molecule has 0 spiro atoms. The number of carboxylic acids is 1. The number of nitrogens with one attached hydrogen (secondary N) is 1. The van der Waals surface area contributed by atoms with Crippen molar-refractivity contribution in [1.82, 2.24) is 0 Å². The molecule has 0 radical (unpaired) electrons. The molecule has 1 aliphatic heterocycles. The van der Waals surface area contributed by atoms with Gasteiger partial charge in [0.25, 0.3) is 0 Å². The Hall–Kier alpha value is -4.09. The average molecular weight is 539 g/mol. The van der Waals surface area contributed by atoms with Crippen molar-refractivity contribution >= 4 is 23.0 Å². The van der Waals surface area contributed by atoms with E-state index in [4.69, 9.17) is 5.11 Å². The standard InChI is InChI=1S/C26H23F6N3O3/c27-25(28,29)17-2-1-3-19(13-17)34-8-10-35(11-9-34)22-6-5-18(14-21(22)26(30,31)32)33-15-16-4-7-23(36)20(12-16)24(37)38/h1-7,12-14,33,36H,8-11,15H2,(H,37,38). The molecule has 1 aliphatic rings. The van der Waals surface area contributed by atoms with Crippen LogP contribution >= 0.6 is 0 Å². The maximum atomic E-state index is 14.0. The highest BCUT2D eigenvalue weighted by Gasteiger charge is 2.36. The van der Waals surface area contributed by atoms with Crippen LogP contribution in [-0.2, 0) is 18.9 Å². The molecule has 1 heterocycles. The van der Waals surface area contributed by atoms with E-state index in [1.165, 1.54) is 36.4 Å². The Labute approximate surface area is 213 Å². The normalized spacial score (nSPS) is 14.5. The third-order valence-electron chi connectivity index (χ3n) is 6.25. The Balaban J connectivity index is 1.48. The summed E-state index contributed by atoms with van der Waals surface area (Å²) in [5, 5.41) is 21.6. The number of halogens is 6. The Bertz CT molecular complexity index is 1320. The molecular weight excluding hydrogens is 516 g/mol. The van der Waals surface area contributed by atoms with Gasteiger partial charge in [0.1, 0.15) is 11.3 Å². The lowest BCUT2D eigenvalue weighted by atomic mass is 10.1. The fourth-order valence-corrected chi connectivity index (χ4v) is 4.30. The summed E-state index contributed by atoms with van der Waals surface area (Å²) < 4.78 is 81.1. The second-order valence-electron chi connectivity index (χ2n) is 8.76. The van der Waals surface area contributed by atoms with Crippen molar-refractivity contribution in [3.8, 4) is 5.75 Å². The summed E-state index contributed by atoms with van der Waals surface area (Å²) in [7, 11) is 0. The average Bonchev–Trinajstić information content (AvgIpc) is 2.87. The quantitative estimate of drug-likeness (QED) is 0.331. The monoisotopic (exact) mass is 539 g/mol. The molecule has 0 bridgehead atoms. The van der Waals surface area contributed by atoms with Crippen LogP contribution in [0.4, 0.5) is 43.4 Å². The topological polar surface area (TPSA) is 76.0 Å². The first-order valence-corrected chi connectivity index (χ1v) is 11.5. The first-order valence-electron chi connectivity index (χ1n) is 11.5. The highest BCUT2D eigenvalue weighted by atomic mass is 19.4. The summed E-state index contributed by atoms with van der Waals surface area (Å²) in [6, 6.07) is 12.5. The SMILES string of the molecule is O=C(O)c1cc(CNc2ccc(N3CCN(c4cccc(C(F)(F)F)c4)CC3)c(C(F)(F)F)c2)ccc1O. The highest BCUT2D eigenvalue weighted by Crippen LogP contribution is 2.39. The molecule has 1 saturated heterocycles. The van der Waals surface area contributed by atoms with Crippen molar-refractivity contribution in [3.63, 3.8) is 0 Å². The first-order chi connectivity index (χ1) is 17.8. The van der Waals surface area contributed by atoms with Crippen molar-refractivity contribution in [3.05, 3.63) is 82.9 Å². The van der Waals surface area contributed by atoms with Crippen molar-refractivity contribution < 1.29 is 41.4 Å². The smallest absolute Gasteiger partial charge is 0.418 e. The summed E-state index contributed by atoms with van der Waals surface area (Å²) in [6.07, 6.45) is -9.16. The van der Waals surface area contributed by atoms with Gasteiger partial charge in [0.05, 0.1) is 11.1 Å². The first kappa shape index (κ1) is 27.0. The summed E-state index contributed by atoms with van der Waals surface area (Å²) in [5.41, 5.74) is -1.05. The molecular formula is C26H23F6N3O3. The predicted octanol–water partition coefficient (Wildman–Crippen LogP) is 6.07. The Kier molecular flexibility index (Phi) is 7.34. The molecule has 12 heteroatoms. The number of carbonyl (C=O) groups is 1. The van der Waals surface area contributed by atoms with Gasteiger partial charge in [-0.15, -0.1) is 0 Å². The number of hydrogen-bond donors (Lipinski definition) is 3. The maximum Gasteiger partial charge on any atom is 0.418 e. The van der Waals surface area contributed by atoms with E-state index in [1.54, 1.807) is 15.9 Å². The van der Waals surface area contributed by atoms with Crippen LogP contribution in [0.25, 0.3) is 0 Å². The minimum atomic E-state index is -4.67. The number of aromatic carboxylic acids is 1. The Morgan fingerprint density at radius 1 is 0.842 bits per heavy atom. The van der Waals surface area contributed by atoms with E-state index < -0.39 is 35.2 Å². The third-order valence-corrected chi connectivity index (χ3v) is 6.25. The van der Waals surface area contributed by atoms with E-state index in [-0.39, 0.29) is 49.7 Å². The Morgan fingerprint density at radius 3 is 2.16 bits per heavy atom. The van der Waals surface area contributed by atoms with Gasteiger partial charge in [0.2, 0.25) is 0 Å². The minimum absolute atomic E-state index is 0.0207. The van der Waals surface area contributed by atoms with Gasteiger partial charge in [0.15, 0.2) is 0 Å². The molecule has 0 aromatic heterocycles. The van der Waals surface area contributed by atoms with Gasteiger partial charge in [-0.05, 0) is 54.1 Å². The number of phenols is 1. The molecule has 202 valence electrons. The number of anilines is 3. The number of hydrogen-bond acceptors (Lipinski definition) is 5. The van der Waals surface area contributed by atoms with E-state index in [1.807, 2.05) is 0 Å². The van der Waals surface area contributed by atoms with E-state index in [0.29, 0.717) is 11.3 Å². The molecule has 3 aromatic carbocycles. The van der Waals surface area contributed by atoms with Gasteiger partial charge in [-0.1, -0.05) is 12.1 Å². The molecule has 6 nitrogen and oxygen atoms in total. The van der Waals surface area contributed by atoms with Crippen molar-refractivity contribution in [2.24, 2.45) is 0 Å². The second kappa shape index (κ2) is 10.3. The van der Waals surface area contributed by atoms with Gasteiger partial charge in [-0.25, -0.2) is 4.79 Å². The van der Waals surface area contributed by atoms with Crippen molar-refractivity contribution in [2.45, 2.75) is 18.9 Å². The van der Waals surface area contributed by atoms with Gasteiger partial charge < -0.3 is 25.3 Å². The lowest BCUT2D eigenvalue weighted by Gasteiger charge is -2.38. The summed E-state index contributed by atoms with van der Waals surface area (Å²) >= 11 is 0. The predicted molar refractivity (Wildman–Crippen MR) is 130 cm³/mol. The second-order valence-corrected chi connectivity index (χ2v) is 8.76. The number of aromatic hydroxyl groups is 1. The number of carboxylic acid groups (broad SMARTS) is 1. The molecule has 0 atom stereocenters. The third kappa shape index (κ3) is 6.06. The lowest BCUT2D eigenvalue weighted by molar-refractivity contribution is -0.138. The van der Waals surface area contributed by atoms with E-state index >= 15 is 0 Å². The number of alkyl halides is 6. The van der Waals surface area contributed by atoms with E-state index in [9.17, 15) is 36.2 Å².